The Morgan fingerprint density at radius 3 is 1.86 bits per heavy atom. The maximum absolute atomic E-state index is 12.7. The number of rotatable bonds is 3. The predicted octanol–water partition coefficient (Wildman–Crippen LogP) is 3.19. The Bertz CT molecular complexity index is 498. The van der Waals surface area contributed by atoms with Crippen molar-refractivity contribution >= 4 is 30.6 Å². The average molecular weight is 347 g/mol. The van der Waals surface area contributed by atoms with Gasteiger partial charge in [-0.05, 0) is 57.0 Å². The van der Waals surface area contributed by atoms with Gasteiger partial charge >= 0.3 is 0 Å². The van der Waals surface area contributed by atoms with E-state index in [2.05, 4.69) is 50.6 Å². The molecule has 1 saturated heterocycles. The molecule has 1 aromatic carbocycles. The molecule has 0 spiro atoms. The normalized spacial score (nSPS) is 15.9. The lowest BCUT2D eigenvalue weighted by Gasteiger charge is -2.32. The first-order chi connectivity index (χ1) is 9.40. The van der Waals surface area contributed by atoms with Crippen LogP contribution in [-0.4, -0.2) is 55.4 Å². The number of carbonyl (C=O) groups excluding carboxylic acids is 1. The second kappa shape index (κ2) is 8.88. The largest absolute Gasteiger partial charge is 0.304 e. The van der Waals surface area contributed by atoms with Gasteiger partial charge in [-0.25, -0.2) is 0 Å². The van der Waals surface area contributed by atoms with Crippen molar-refractivity contribution < 1.29 is 4.79 Å². The van der Waals surface area contributed by atoms with E-state index >= 15 is 0 Å². The van der Waals surface area contributed by atoms with E-state index in [-0.39, 0.29) is 30.6 Å². The number of benzene rings is 1. The topological polar surface area (TPSA) is 23.6 Å². The van der Waals surface area contributed by atoms with Crippen LogP contribution in [0.25, 0.3) is 0 Å². The third kappa shape index (κ3) is 4.69. The van der Waals surface area contributed by atoms with Crippen LogP contribution in [-0.2, 0) is 0 Å². The van der Waals surface area contributed by atoms with Crippen LogP contribution in [0.4, 0.5) is 0 Å². The third-order valence-electron chi connectivity index (χ3n) is 4.61. The van der Waals surface area contributed by atoms with Crippen LogP contribution in [0.15, 0.2) is 6.07 Å². The zero-order valence-corrected chi connectivity index (χ0v) is 15.9. The summed E-state index contributed by atoms with van der Waals surface area (Å²) in [6.45, 7) is 13.0. The number of likely N-dealkylation sites (N-methyl/N-ethyl adjacent to an activating group) is 1. The summed E-state index contributed by atoms with van der Waals surface area (Å²) in [6.07, 6.45) is 0. The van der Waals surface area contributed by atoms with Gasteiger partial charge in [0.15, 0.2) is 5.78 Å². The van der Waals surface area contributed by atoms with Crippen LogP contribution in [0.1, 0.15) is 32.6 Å². The lowest BCUT2D eigenvalue weighted by atomic mass is 9.91. The Kier molecular flexibility index (Phi) is 8.63. The van der Waals surface area contributed by atoms with Gasteiger partial charge in [-0.15, -0.1) is 24.8 Å². The van der Waals surface area contributed by atoms with Gasteiger partial charge in [0, 0.05) is 31.7 Å². The van der Waals surface area contributed by atoms with E-state index in [1.165, 1.54) is 11.1 Å². The first-order valence-corrected chi connectivity index (χ1v) is 7.41. The highest BCUT2D eigenvalue weighted by molar-refractivity contribution is 6.00. The number of halogens is 2. The van der Waals surface area contributed by atoms with Crippen LogP contribution < -0.4 is 0 Å². The highest BCUT2D eigenvalue weighted by Crippen LogP contribution is 2.22. The van der Waals surface area contributed by atoms with Crippen LogP contribution in [0.5, 0.6) is 0 Å². The second-order valence-corrected chi connectivity index (χ2v) is 6.14. The van der Waals surface area contributed by atoms with Gasteiger partial charge < -0.3 is 4.90 Å². The van der Waals surface area contributed by atoms with Gasteiger partial charge in [0.1, 0.15) is 0 Å². The van der Waals surface area contributed by atoms with Crippen LogP contribution >= 0.6 is 24.8 Å². The standard InChI is InChI=1S/C17H26N2O.2ClH/c1-12-10-13(2)15(4)17(14(12)3)16(20)11-19-8-6-18(5)7-9-19;;/h10H,6-9,11H2,1-5H3;2*1H. The summed E-state index contributed by atoms with van der Waals surface area (Å²) in [5.41, 5.74) is 5.67. The number of carbonyl (C=O) groups is 1. The highest BCUT2D eigenvalue weighted by atomic mass is 35.5. The number of hydrogen-bond acceptors (Lipinski definition) is 3. The smallest absolute Gasteiger partial charge is 0.177 e. The number of ketones is 1. The molecule has 0 atom stereocenters. The van der Waals surface area contributed by atoms with E-state index in [9.17, 15) is 4.79 Å². The number of piperazine rings is 1. The van der Waals surface area contributed by atoms with Crippen molar-refractivity contribution in [3.63, 3.8) is 0 Å². The molecular formula is C17H28Cl2N2O. The van der Waals surface area contributed by atoms with Crippen molar-refractivity contribution in [3.05, 3.63) is 33.9 Å². The molecule has 22 heavy (non-hydrogen) atoms. The van der Waals surface area contributed by atoms with Crippen LogP contribution in [0.2, 0.25) is 0 Å². The number of aryl methyl sites for hydroxylation is 2. The van der Waals surface area contributed by atoms with Crippen LogP contribution in [0, 0.1) is 27.7 Å². The Morgan fingerprint density at radius 2 is 1.41 bits per heavy atom. The zero-order valence-electron chi connectivity index (χ0n) is 14.2. The van der Waals surface area contributed by atoms with E-state index in [4.69, 9.17) is 0 Å². The van der Waals surface area contributed by atoms with Crippen molar-refractivity contribution in [2.75, 3.05) is 39.8 Å². The first kappa shape index (κ1) is 21.4. The summed E-state index contributed by atoms with van der Waals surface area (Å²) < 4.78 is 0. The Balaban J connectivity index is 0.00000220. The minimum absolute atomic E-state index is 0. The molecule has 3 nitrogen and oxygen atoms in total. The molecule has 1 fully saturated rings. The molecule has 0 bridgehead atoms. The van der Waals surface area contributed by atoms with E-state index in [0.29, 0.717) is 6.54 Å². The molecule has 5 heteroatoms. The lowest BCUT2D eigenvalue weighted by molar-refractivity contribution is 0.0875. The minimum Gasteiger partial charge on any atom is -0.304 e. The maximum Gasteiger partial charge on any atom is 0.177 e. The molecule has 1 aromatic rings. The van der Waals surface area contributed by atoms with Crippen molar-refractivity contribution in [1.29, 1.82) is 0 Å². The number of nitrogens with zero attached hydrogens (tertiary/aromatic N) is 2. The highest BCUT2D eigenvalue weighted by Gasteiger charge is 2.20. The fourth-order valence-electron chi connectivity index (χ4n) is 2.92. The van der Waals surface area contributed by atoms with E-state index in [1.807, 2.05) is 0 Å². The van der Waals surface area contributed by atoms with Crippen molar-refractivity contribution in [2.45, 2.75) is 27.7 Å². The monoisotopic (exact) mass is 346 g/mol. The average Bonchev–Trinajstić information content (AvgIpc) is 2.39. The molecule has 0 amide bonds. The molecule has 0 aliphatic carbocycles. The fourth-order valence-corrected chi connectivity index (χ4v) is 2.92. The van der Waals surface area contributed by atoms with Crippen molar-refractivity contribution in [2.24, 2.45) is 0 Å². The molecule has 2 rings (SSSR count). The Hall–Kier alpha value is -0.610. The van der Waals surface area contributed by atoms with Gasteiger partial charge in [0.25, 0.3) is 0 Å². The summed E-state index contributed by atoms with van der Waals surface area (Å²) in [6, 6.07) is 2.18. The summed E-state index contributed by atoms with van der Waals surface area (Å²) in [5, 5.41) is 0. The second-order valence-electron chi connectivity index (χ2n) is 6.14. The Labute approximate surface area is 146 Å². The third-order valence-corrected chi connectivity index (χ3v) is 4.61. The molecule has 0 aromatic heterocycles. The van der Waals surface area contributed by atoms with Gasteiger partial charge in [-0.1, -0.05) is 6.07 Å². The van der Waals surface area contributed by atoms with Crippen LogP contribution in [0.3, 0.4) is 0 Å². The molecule has 1 aliphatic heterocycles. The van der Waals surface area contributed by atoms with Crippen molar-refractivity contribution in [1.82, 2.24) is 9.80 Å². The van der Waals surface area contributed by atoms with Gasteiger partial charge in [0.2, 0.25) is 0 Å². The molecule has 126 valence electrons. The van der Waals surface area contributed by atoms with E-state index in [1.54, 1.807) is 0 Å². The molecule has 1 heterocycles. The lowest BCUT2D eigenvalue weighted by Crippen LogP contribution is -2.46. The maximum atomic E-state index is 12.7. The summed E-state index contributed by atoms with van der Waals surface area (Å²) in [7, 11) is 2.14. The number of Topliss-reactive ketones (excluding diaryl/α,β-unsaturated/α-hetero) is 1. The molecule has 0 N–H and O–H groups in total. The summed E-state index contributed by atoms with van der Waals surface area (Å²) >= 11 is 0. The molecule has 0 radical (unpaired) electrons. The fraction of sp³-hybridized carbons (Fsp3) is 0.588. The van der Waals surface area contributed by atoms with E-state index in [0.717, 1.165) is 42.9 Å². The van der Waals surface area contributed by atoms with Crippen molar-refractivity contribution in [3.8, 4) is 0 Å². The summed E-state index contributed by atoms with van der Waals surface area (Å²) in [4.78, 5) is 17.3. The SMILES string of the molecule is Cc1cc(C)c(C)c(C(=O)CN2CCN(C)CC2)c1C.Cl.Cl. The quantitative estimate of drug-likeness (QED) is 0.785. The molecule has 0 saturated carbocycles. The number of hydrogen-bond donors (Lipinski definition) is 0. The zero-order chi connectivity index (χ0) is 14.9. The first-order valence-electron chi connectivity index (χ1n) is 7.41. The minimum atomic E-state index is 0. The van der Waals surface area contributed by atoms with E-state index < -0.39 is 0 Å². The van der Waals surface area contributed by atoms with Gasteiger partial charge in [-0.2, -0.15) is 0 Å². The molecule has 0 unspecified atom stereocenters. The predicted molar refractivity (Wildman–Crippen MR) is 98.2 cm³/mol. The van der Waals surface area contributed by atoms with Gasteiger partial charge in [-0.3, -0.25) is 9.69 Å². The van der Waals surface area contributed by atoms with Gasteiger partial charge in [0.05, 0.1) is 6.54 Å². The summed E-state index contributed by atoms with van der Waals surface area (Å²) in [5.74, 6) is 0.274. The Morgan fingerprint density at radius 1 is 0.955 bits per heavy atom. The molecular weight excluding hydrogens is 319 g/mol. The molecule has 1 aliphatic rings.